The van der Waals surface area contributed by atoms with E-state index in [2.05, 4.69) is 20.8 Å². The van der Waals surface area contributed by atoms with Gasteiger partial charge in [0.2, 0.25) is 0 Å². The lowest BCUT2D eigenvalue weighted by molar-refractivity contribution is 0.354. The van der Waals surface area contributed by atoms with Crippen molar-refractivity contribution in [2.45, 2.75) is 27.2 Å². The first kappa shape index (κ1) is 13.8. The first-order valence-electron chi connectivity index (χ1n) is 5.85. The van der Waals surface area contributed by atoms with E-state index < -0.39 is 0 Å². The average Bonchev–Trinajstić information content (AvgIpc) is 2.31. The summed E-state index contributed by atoms with van der Waals surface area (Å²) >= 11 is 0. The van der Waals surface area contributed by atoms with Gasteiger partial charge in [-0.15, -0.1) is 0 Å². The lowest BCUT2D eigenvalue weighted by Crippen LogP contribution is -2.26. The van der Waals surface area contributed by atoms with Crippen LogP contribution in [-0.4, -0.2) is 20.8 Å². The third-order valence-corrected chi connectivity index (χ3v) is 3.07. The molecule has 1 aromatic carbocycles. The van der Waals surface area contributed by atoms with Crippen LogP contribution in [-0.2, 0) is 6.42 Å². The first-order valence-corrected chi connectivity index (χ1v) is 5.85. The number of benzene rings is 1. The molecule has 0 radical (unpaired) electrons. The number of ether oxygens (including phenoxy) is 2. The van der Waals surface area contributed by atoms with E-state index in [0.29, 0.717) is 6.54 Å². The summed E-state index contributed by atoms with van der Waals surface area (Å²) in [6.07, 6.45) is 0.905. The maximum Gasteiger partial charge on any atom is 0.126 e. The van der Waals surface area contributed by atoms with E-state index in [4.69, 9.17) is 15.2 Å². The van der Waals surface area contributed by atoms with Crippen LogP contribution in [0, 0.1) is 12.3 Å². The highest BCUT2D eigenvalue weighted by Gasteiger charge is 2.20. The Hall–Kier alpha value is -1.22. The van der Waals surface area contributed by atoms with Crippen molar-refractivity contribution >= 4 is 0 Å². The summed E-state index contributed by atoms with van der Waals surface area (Å²) < 4.78 is 10.7. The monoisotopic (exact) mass is 237 g/mol. The number of aryl methyl sites for hydroxylation is 1. The molecule has 0 bridgehead atoms. The standard InChI is InChI=1S/C14H23NO2/c1-10-6-11(16-4)7-13(17-5)12(10)8-14(2,3)9-15/h6-7H,8-9,15H2,1-5H3. The van der Waals surface area contributed by atoms with Gasteiger partial charge in [0.25, 0.3) is 0 Å². The second kappa shape index (κ2) is 5.41. The second-order valence-corrected chi connectivity index (χ2v) is 5.17. The first-order chi connectivity index (χ1) is 7.93. The van der Waals surface area contributed by atoms with Crippen LogP contribution in [0.1, 0.15) is 25.0 Å². The van der Waals surface area contributed by atoms with Crippen molar-refractivity contribution < 1.29 is 9.47 Å². The van der Waals surface area contributed by atoms with E-state index in [9.17, 15) is 0 Å². The molecule has 17 heavy (non-hydrogen) atoms. The number of rotatable bonds is 5. The third-order valence-electron chi connectivity index (χ3n) is 3.07. The molecule has 0 saturated carbocycles. The van der Waals surface area contributed by atoms with Crippen molar-refractivity contribution in [3.8, 4) is 11.5 Å². The van der Waals surface area contributed by atoms with Gasteiger partial charge in [-0.3, -0.25) is 0 Å². The molecule has 96 valence electrons. The van der Waals surface area contributed by atoms with Gasteiger partial charge in [0.05, 0.1) is 14.2 Å². The van der Waals surface area contributed by atoms with Gasteiger partial charge in [-0.1, -0.05) is 13.8 Å². The summed E-state index contributed by atoms with van der Waals surface area (Å²) in [7, 11) is 3.35. The zero-order chi connectivity index (χ0) is 13.1. The SMILES string of the molecule is COc1cc(C)c(CC(C)(C)CN)c(OC)c1. The summed E-state index contributed by atoms with van der Waals surface area (Å²) in [5.74, 6) is 1.71. The van der Waals surface area contributed by atoms with Gasteiger partial charge in [0, 0.05) is 6.07 Å². The van der Waals surface area contributed by atoms with Gasteiger partial charge in [0.15, 0.2) is 0 Å². The highest BCUT2D eigenvalue weighted by Crippen LogP contribution is 2.33. The number of hydrogen-bond donors (Lipinski definition) is 1. The van der Waals surface area contributed by atoms with Gasteiger partial charge < -0.3 is 15.2 Å². The quantitative estimate of drug-likeness (QED) is 0.856. The van der Waals surface area contributed by atoms with Crippen LogP contribution < -0.4 is 15.2 Å². The summed E-state index contributed by atoms with van der Waals surface area (Å²) in [4.78, 5) is 0. The summed E-state index contributed by atoms with van der Waals surface area (Å²) in [6, 6.07) is 3.96. The molecule has 3 nitrogen and oxygen atoms in total. The molecule has 0 fully saturated rings. The molecule has 0 aliphatic rings. The van der Waals surface area contributed by atoms with E-state index in [1.165, 1.54) is 11.1 Å². The fourth-order valence-electron chi connectivity index (χ4n) is 1.83. The Kier molecular flexibility index (Phi) is 4.40. The Labute approximate surface area is 104 Å². The molecule has 2 N–H and O–H groups in total. The van der Waals surface area contributed by atoms with E-state index in [1.54, 1.807) is 14.2 Å². The molecular weight excluding hydrogens is 214 g/mol. The molecule has 3 heteroatoms. The number of nitrogens with two attached hydrogens (primary N) is 1. The smallest absolute Gasteiger partial charge is 0.126 e. The Bertz CT molecular complexity index is 386. The van der Waals surface area contributed by atoms with Crippen molar-refractivity contribution in [3.05, 3.63) is 23.3 Å². The van der Waals surface area contributed by atoms with Crippen LogP contribution in [0.25, 0.3) is 0 Å². The summed E-state index contributed by atoms with van der Waals surface area (Å²) in [5, 5.41) is 0. The Morgan fingerprint density at radius 1 is 1.18 bits per heavy atom. The normalized spacial score (nSPS) is 11.4. The summed E-state index contributed by atoms with van der Waals surface area (Å²) in [5.41, 5.74) is 8.26. The fourth-order valence-corrected chi connectivity index (χ4v) is 1.83. The van der Waals surface area contributed by atoms with Gasteiger partial charge in [0.1, 0.15) is 11.5 Å². The van der Waals surface area contributed by atoms with Crippen LogP contribution in [0.15, 0.2) is 12.1 Å². The van der Waals surface area contributed by atoms with Crippen LogP contribution in [0.3, 0.4) is 0 Å². The molecular formula is C14H23NO2. The number of methoxy groups -OCH3 is 2. The van der Waals surface area contributed by atoms with E-state index >= 15 is 0 Å². The van der Waals surface area contributed by atoms with E-state index in [1.807, 2.05) is 12.1 Å². The maximum absolute atomic E-state index is 5.79. The molecule has 0 aromatic heterocycles. The lowest BCUT2D eigenvalue weighted by Gasteiger charge is -2.25. The minimum Gasteiger partial charge on any atom is -0.497 e. The van der Waals surface area contributed by atoms with Crippen molar-refractivity contribution in [1.29, 1.82) is 0 Å². The fraction of sp³-hybridized carbons (Fsp3) is 0.571. The Morgan fingerprint density at radius 2 is 1.82 bits per heavy atom. The van der Waals surface area contributed by atoms with Crippen molar-refractivity contribution in [1.82, 2.24) is 0 Å². The van der Waals surface area contributed by atoms with Crippen LogP contribution >= 0.6 is 0 Å². The van der Waals surface area contributed by atoms with Gasteiger partial charge in [-0.2, -0.15) is 0 Å². The molecule has 0 aliphatic carbocycles. The zero-order valence-electron chi connectivity index (χ0n) is 11.5. The predicted molar refractivity (Wildman–Crippen MR) is 70.8 cm³/mol. The highest BCUT2D eigenvalue weighted by molar-refractivity contribution is 5.46. The van der Waals surface area contributed by atoms with Gasteiger partial charge in [-0.05, 0) is 42.5 Å². The Balaban J connectivity index is 3.14. The van der Waals surface area contributed by atoms with Crippen molar-refractivity contribution in [3.63, 3.8) is 0 Å². The lowest BCUT2D eigenvalue weighted by atomic mass is 9.84. The van der Waals surface area contributed by atoms with Crippen molar-refractivity contribution in [2.75, 3.05) is 20.8 Å². The molecule has 1 rings (SSSR count). The minimum atomic E-state index is 0.0760. The van der Waals surface area contributed by atoms with Gasteiger partial charge in [-0.25, -0.2) is 0 Å². The minimum absolute atomic E-state index is 0.0760. The topological polar surface area (TPSA) is 44.5 Å². The molecule has 0 unspecified atom stereocenters. The van der Waals surface area contributed by atoms with E-state index in [0.717, 1.165) is 17.9 Å². The highest BCUT2D eigenvalue weighted by atomic mass is 16.5. The van der Waals surface area contributed by atoms with E-state index in [-0.39, 0.29) is 5.41 Å². The number of hydrogen-bond acceptors (Lipinski definition) is 3. The third kappa shape index (κ3) is 3.37. The molecule has 0 atom stereocenters. The Morgan fingerprint density at radius 3 is 2.29 bits per heavy atom. The average molecular weight is 237 g/mol. The predicted octanol–water partition coefficient (Wildman–Crippen LogP) is 2.54. The maximum atomic E-state index is 5.79. The van der Waals surface area contributed by atoms with Crippen LogP contribution in [0.5, 0.6) is 11.5 Å². The molecule has 0 heterocycles. The molecule has 0 saturated heterocycles. The molecule has 0 aliphatic heterocycles. The van der Waals surface area contributed by atoms with Crippen LogP contribution in [0.2, 0.25) is 0 Å². The summed E-state index contributed by atoms with van der Waals surface area (Å²) in [6.45, 7) is 7.06. The van der Waals surface area contributed by atoms with Crippen LogP contribution in [0.4, 0.5) is 0 Å². The van der Waals surface area contributed by atoms with Gasteiger partial charge >= 0.3 is 0 Å². The second-order valence-electron chi connectivity index (χ2n) is 5.17. The molecule has 0 spiro atoms. The zero-order valence-corrected chi connectivity index (χ0v) is 11.5. The molecule has 0 amide bonds. The molecule has 1 aromatic rings. The largest absolute Gasteiger partial charge is 0.497 e. The van der Waals surface area contributed by atoms with Crippen molar-refractivity contribution in [2.24, 2.45) is 11.1 Å².